The van der Waals surface area contributed by atoms with Gasteiger partial charge in [0.25, 0.3) is 0 Å². The molecule has 1 aromatic carbocycles. The molecule has 124 valence electrons. The van der Waals surface area contributed by atoms with Gasteiger partial charge in [0.15, 0.2) is 0 Å². The number of carbonyl (C=O) groups is 1. The third-order valence-corrected chi connectivity index (χ3v) is 5.54. The van der Waals surface area contributed by atoms with Gasteiger partial charge < -0.3 is 10.2 Å². The molecule has 0 bridgehead atoms. The monoisotopic (exact) mass is 313 g/mol. The van der Waals surface area contributed by atoms with E-state index in [1.165, 1.54) is 31.5 Å². The van der Waals surface area contributed by atoms with Crippen LogP contribution >= 0.6 is 0 Å². The van der Waals surface area contributed by atoms with E-state index in [0.29, 0.717) is 0 Å². The van der Waals surface area contributed by atoms with E-state index in [0.717, 1.165) is 50.6 Å². The largest absolute Gasteiger partial charge is 0.369 e. The molecule has 3 aliphatic rings. The highest BCUT2D eigenvalue weighted by atomic mass is 16.1. The third kappa shape index (κ3) is 3.69. The van der Waals surface area contributed by atoms with Crippen LogP contribution in [0.4, 0.5) is 11.4 Å². The van der Waals surface area contributed by atoms with Crippen LogP contribution in [0.1, 0.15) is 32.1 Å². The predicted octanol–water partition coefficient (Wildman–Crippen LogP) is 2.96. The van der Waals surface area contributed by atoms with Crippen LogP contribution in [-0.4, -0.2) is 43.5 Å². The first kappa shape index (κ1) is 15.0. The van der Waals surface area contributed by atoms with Gasteiger partial charge in [-0.3, -0.25) is 9.69 Å². The number of rotatable bonds is 5. The van der Waals surface area contributed by atoms with Crippen molar-refractivity contribution in [2.24, 2.45) is 11.8 Å². The van der Waals surface area contributed by atoms with Gasteiger partial charge in [-0.15, -0.1) is 0 Å². The molecular formula is C19H27N3O. The lowest BCUT2D eigenvalue weighted by atomic mass is 9.85. The van der Waals surface area contributed by atoms with E-state index in [1.807, 2.05) is 6.07 Å². The molecule has 0 unspecified atom stereocenters. The number of nitrogens with one attached hydrogen (secondary N) is 1. The maximum Gasteiger partial charge on any atom is 0.227 e. The van der Waals surface area contributed by atoms with E-state index in [-0.39, 0.29) is 11.8 Å². The standard InChI is InChI=1S/C19H27N3O/c23-19(16-3-1-4-16)20-17-5-2-6-18(13-17)22-11-9-21(10-12-22)14-15-7-8-15/h2,5-6,13,15-16H,1,3-4,7-12,14H2,(H,20,23). The van der Waals surface area contributed by atoms with Crippen molar-refractivity contribution in [3.8, 4) is 0 Å². The first-order valence-electron chi connectivity index (χ1n) is 9.16. The molecule has 1 saturated heterocycles. The lowest BCUT2D eigenvalue weighted by Crippen LogP contribution is -2.47. The summed E-state index contributed by atoms with van der Waals surface area (Å²) in [6, 6.07) is 8.36. The Morgan fingerprint density at radius 1 is 1.09 bits per heavy atom. The van der Waals surface area contributed by atoms with E-state index in [9.17, 15) is 4.79 Å². The van der Waals surface area contributed by atoms with Gasteiger partial charge in [-0.25, -0.2) is 0 Å². The molecule has 1 amide bonds. The fourth-order valence-electron chi connectivity index (χ4n) is 3.55. The van der Waals surface area contributed by atoms with Crippen molar-refractivity contribution >= 4 is 17.3 Å². The highest BCUT2D eigenvalue weighted by Gasteiger charge is 2.27. The Morgan fingerprint density at radius 3 is 2.52 bits per heavy atom. The second-order valence-electron chi connectivity index (χ2n) is 7.40. The predicted molar refractivity (Wildman–Crippen MR) is 93.8 cm³/mol. The SMILES string of the molecule is O=C(Nc1cccc(N2CCN(CC3CC3)CC2)c1)C1CCC1. The maximum absolute atomic E-state index is 12.1. The molecule has 0 atom stereocenters. The lowest BCUT2D eigenvalue weighted by molar-refractivity contribution is -0.122. The highest BCUT2D eigenvalue weighted by Crippen LogP contribution is 2.31. The number of hydrogen-bond acceptors (Lipinski definition) is 3. The van der Waals surface area contributed by atoms with Crippen molar-refractivity contribution in [1.82, 2.24) is 4.90 Å². The molecule has 4 nitrogen and oxygen atoms in total. The van der Waals surface area contributed by atoms with Gasteiger partial charge in [0.1, 0.15) is 0 Å². The molecule has 1 N–H and O–H groups in total. The zero-order valence-corrected chi connectivity index (χ0v) is 13.8. The average Bonchev–Trinajstić information content (AvgIpc) is 3.30. The summed E-state index contributed by atoms with van der Waals surface area (Å²) in [5.41, 5.74) is 2.18. The number of anilines is 2. The van der Waals surface area contributed by atoms with Crippen molar-refractivity contribution in [2.45, 2.75) is 32.1 Å². The third-order valence-electron chi connectivity index (χ3n) is 5.54. The fourth-order valence-corrected chi connectivity index (χ4v) is 3.55. The second-order valence-corrected chi connectivity index (χ2v) is 7.40. The molecule has 3 fully saturated rings. The van der Waals surface area contributed by atoms with Gasteiger partial charge in [-0.05, 0) is 49.8 Å². The summed E-state index contributed by atoms with van der Waals surface area (Å²) in [6.45, 7) is 5.80. The number of nitrogens with zero attached hydrogens (tertiary/aromatic N) is 2. The minimum absolute atomic E-state index is 0.197. The Hall–Kier alpha value is -1.55. The van der Waals surface area contributed by atoms with Crippen molar-refractivity contribution in [1.29, 1.82) is 0 Å². The van der Waals surface area contributed by atoms with Gasteiger partial charge in [0, 0.05) is 50.0 Å². The molecule has 4 heteroatoms. The number of piperazine rings is 1. The van der Waals surface area contributed by atoms with Crippen molar-refractivity contribution in [3.05, 3.63) is 24.3 Å². The zero-order chi connectivity index (χ0) is 15.6. The molecule has 1 aliphatic heterocycles. The molecule has 4 rings (SSSR count). The normalized spacial score (nSPS) is 22.7. The summed E-state index contributed by atoms with van der Waals surface area (Å²) in [5.74, 6) is 1.42. The van der Waals surface area contributed by atoms with Gasteiger partial charge in [0.2, 0.25) is 5.91 Å². The molecular weight excluding hydrogens is 286 g/mol. The van der Waals surface area contributed by atoms with E-state index in [2.05, 4.69) is 33.3 Å². The lowest BCUT2D eigenvalue weighted by Gasteiger charge is -2.36. The number of benzene rings is 1. The Balaban J connectivity index is 1.33. The Morgan fingerprint density at radius 2 is 1.87 bits per heavy atom. The number of carbonyl (C=O) groups excluding carboxylic acids is 1. The molecule has 0 radical (unpaired) electrons. The van der Waals surface area contributed by atoms with Gasteiger partial charge in [0.05, 0.1) is 0 Å². The zero-order valence-electron chi connectivity index (χ0n) is 13.8. The van der Waals surface area contributed by atoms with Gasteiger partial charge >= 0.3 is 0 Å². The molecule has 23 heavy (non-hydrogen) atoms. The number of hydrogen-bond donors (Lipinski definition) is 1. The van der Waals surface area contributed by atoms with E-state index < -0.39 is 0 Å². The molecule has 1 aromatic rings. The molecule has 2 aliphatic carbocycles. The Kier molecular flexibility index (Phi) is 4.25. The summed E-state index contributed by atoms with van der Waals surface area (Å²) in [4.78, 5) is 17.2. The first-order valence-corrected chi connectivity index (χ1v) is 9.16. The minimum Gasteiger partial charge on any atom is -0.369 e. The topological polar surface area (TPSA) is 35.6 Å². The summed E-state index contributed by atoms with van der Waals surface area (Å²) in [7, 11) is 0. The minimum atomic E-state index is 0.197. The summed E-state index contributed by atoms with van der Waals surface area (Å²) < 4.78 is 0. The summed E-state index contributed by atoms with van der Waals surface area (Å²) >= 11 is 0. The van der Waals surface area contributed by atoms with Crippen LogP contribution in [0.25, 0.3) is 0 Å². The van der Waals surface area contributed by atoms with Gasteiger partial charge in [-0.2, -0.15) is 0 Å². The van der Waals surface area contributed by atoms with Crippen LogP contribution in [0.3, 0.4) is 0 Å². The van der Waals surface area contributed by atoms with E-state index in [4.69, 9.17) is 0 Å². The van der Waals surface area contributed by atoms with Crippen LogP contribution in [0.15, 0.2) is 24.3 Å². The van der Waals surface area contributed by atoms with Gasteiger partial charge in [-0.1, -0.05) is 12.5 Å². The van der Waals surface area contributed by atoms with Crippen LogP contribution in [0.5, 0.6) is 0 Å². The fraction of sp³-hybridized carbons (Fsp3) is 0.632. The summed E-state index contributed by atoms with van der Waals surface area (Å²) in [6.07, 6.45) is 6.16. The second kappa shape index (κ2) is 6.52. The highest BCUT2D eigenvalue weighted by molar-refractivity contribution is 5.93. The van der Waals surface area contributed by atoms with Crippen LogP contribution in [0.2, 0.25) is 0 Å². The van der Waals surface area contributed by atoms with Crippen LogP contribution in [-0.2, 0) is 4.79 Å². The Bertz CT molecular complexity index is 557. The van der Waals surface area contributed by atoms with E-state index >= 15 is 0 Å². The molecule has 0 spiro atoms. The van der Waals surface area contributed by atoms with Crippen molar-refractivity contribution < 1.29 is 4.79 Å². The Labute approximate surface area is 138 Å². The first-order chi connectivity index (χ1) is 11.3. The van der Waals surface area contributed by atoms with Crippen LogP contribution < -0.4 is 10.2 Å². The van der Waals surface area contributed by atoms with Crippen molar-refractivity contribution in [3.63, 3.8) is 0 Å². The molecule has 2 saturated carbocycles. The van der Waals surface area contributed by atoms with E-state index in [1.54, 1.807) is 0 Å². The quantitative estimate of drug-likeness (QED) is 0.908. The smallest absolute Gasteiger partial charge is 0.227 e. The molecule has 0 aromatic heterocycles. The molecule has 1 heterocycles. The average molecular weight is 313 g/mol. The number of amides is 1. The van der Waals surface area contributed by atoms with Crippen molar-refractivity contribution in [2.75, 3.05) is 42.9 Å². The maximum atomic E-state index is 12.1. The summed E-state index contributed by atoms with van der Waals surface area (Å²) in [5, 5.41) is 3.09. The van der Waals surface area contributed by atoms with Crippen LogP contribution in [0, 0.1) is 11.8 Å².